The number of hydrogen-bond acceptors (Lipinski definition) is 5. The van der Waals surface area contributed by atoms with E-state index in [-0.39, 0.29) is 24.8 Å². The number of amides is 1. The van der Waals surface area contributed by atoms with Gasteiger partial charge >= 0.3 is 6.09 Å². The van der Waals surface area contributed by atoms with Gasteiger partial charge in [-0.1, -0.05) is 0 Å². The molecule has 2 rings (SSSR count). The molecule has 3 atom stereocenters. The molecule has 0 spiro atoms. The van der Waals surface area contributed by atoms with Gasteiger partial charge in [-0.25, -0.2) is 4.79 Å². The Kier molecular flexibility index (Phi) is 4.52. The third-order valence-corrected chi connectivity index (χ3v) is 3.82. The first kappa shape index (κ1) is 16.5. The summed E-state index contributed by atoms with van der Waals surface area (Å²) in [6, 6.07) is -0.451. The van der Waals surface area contributed by atoms with Crippen molar-refractivity contribution in [2.75, 3.05) is 13.2 Å². The lowest BCUT2D eigenvalue weighted by Crippen LogP contribution is -2.64. The zero-order valence-electron chi connectivity index (χ0n) is 13.6. The van der Waals surface area contributed by atoms with Crippen molar-refractivity contribution in [3.8, 4) is 0 Å². The lowest BCUT2D eigenvalue weighted by Gasteiger charge is -2.50. The van der Waals surface area contributed by atoms with Crippen molar-refractivity contribution in [1.82, 2.24) is 4.90 Å². The van der Waals surface area contributed by atoms with Gasteiger partial charge in [0.1, 0.15) is 5.60 Å². The van der Waals surface area contributed by atoms with Crippen molar-refractivity contribution in [2.45, 2.75) is 77.0 Å². The van der Waals surface area contributed by atoms with Crippen molar-refractivity contribution in [1.29, 1.82) is 0 Å². The molecule has 6 nitrogen and oxygen atoms in total. The van der Waals surface area contributed by atoms with Gasteiger partial charge < -0.3 is 19.3 Å². The highest BCUT2D eigenvalue weighted by Gasteiger charge is 2.47. The van der Waals surface area contributed by atoms with E-state index in [2.05, 4.69) is 0 Å². The smallest absolute Gasteiger partial charge is 0.411 e. The molecule has 21 heavy (non-hydrogen) atoms. The number of fused-ring (bicyclic) bond motifs is 1. The molecule has 2 fully saturated rings. The van der Waals surface area contributed by atoms with E-state index < -0.39 is 17.5 Å². The number of carbonyl (C=O) groups excluding carboxylic acids is 1. The number of hydrogen-bond donors (Lipinski definition) is 1. The molecule has 0 unspecified atom stereocenters. The predicted octanol–water partition coefficient (Wildman–Crippen LogP) is 1.90. The van der Waals surface area contributed by atoms with E-state index in [0.29, 0.717) is 13.0 Å². The van der Waals surface area contributed by atoms with E-state index in [9.17, 15) is 9.90 Å². The topological polar surface area (TPSA) is 68.2 Å². The molecule has 2 aliphatic heterocycles. The predicted molar refractivity (Wildman–Crippen MR) is 76.9 cm³/mol. The lowest BCUT2D eigenvalue weighted by molar-refractivity contribution is -0.302. The molecule has 0 aliphatic carbocycles. The first-order chi connectivity index (χ1) is 9.63. The van der Waals surface area contributed by atoms with Crippen LogP contribution in [0.4, 0.5) is 4.79 Å². The fourth-order valence-electron chi connectivity index (χ4n) is 2.93. The van der Waals surface area contributed by atoms with Crippen LogP contribution in [-0.2, 0) is 14.2 Å². The number of likely N-dealkylation sites (tertiary alicyclic amines) is 1. The molecule has 0 aromatic carbocycles. The lowest BCUT2D eigenvalue weighted by atomic mass is 9.92. The molecule has 2 saturated heterocycles. The van der Waals surface area contributed by atoms with Gasteiger partial charge in [-0.15, -0.1) is 0 Å². The normalized spacial score (nSPS) is 32.5. The first-order valence-corrected chi connectivity index (χ1v) is 7.57. The number of aliphatic hydroxyl groups is 1. The van der Waals surface area contributed by atoms with E-state index in [1.165, 1.54) is 0 Å². The van der Waals surface area contributed by atoms with Crippen LogP contribution in [0.5, 0.6) is 0 Å². The van der Waals surface area contributed by atoms with Crippen molar-refractivity contribution >= 4 is 6.09 Å². The molecule has 0 aromatic rings. The third-order valence-electron chi connectivity index (χ3n) is 3.82. The van der Waals surface area contributed by atoms with Crippen LogP contribution in [0.2, 0.25) is 0 Å². The van der Waals surface area contributed by atoms with Crippen LogP contribution < -0.4 is 0 Å². The second-order valence-corrected chi connectivity index (χ2v) is 7.24. The average molecular weight is 301 g/mol. The van der Waals surface area contributed by atoms with Crippen molar-refractivity contribution in [2.24, 2.45) is 0 Å². The monoisotopic (exact) mass is 301 g/mol. The van der Waals surface area contributed by atoms with Crippen LogP contribution in [-0.4, -0.2) is 58.9 Å². The van der Waals surface area contributed by atoms with Crippen LogP contribution in [0.15, 0.2) is 0 Å². The second-order valence-electron chi connectivity index (χ2n) is 7.24. The van der Waals surface area contributed by atoms with Crippen molar-refractivity contribution in [3.05, 3.63) is 0 Å². The van der Waals surface area contributed by atoms with E-state index in [1.807, 2.05) is 34.6 Å². The Morgan fingerprint density at radius 3 is 2.62 bits per heavy atom. The minimum atomic E-state index is -0.632. The zero-order valence-corrected chi connectivity index (χ0v) is 13.6. The van der Waals surface area contributed by atoms with E-state index in [0.717, 1.165) is 6.42 Å². The molecular formula is C15H27NO5. The average Bonchev–Trinajstić information content (AvgIpc) is 2.34. The number of piperidine rings is 1. The minimum Gasteiger partial charge on any atom is -0.444 e. The fourth-order valence-corrected chi connectivity index (χ4v) is 2.93. The van der Waals surface area contributed by atoms with Crippen LogP contribution in [0, 0.1) is 0 Å². The second kappa shape index (κ2) is 5.74. The minimum absolute atomic E-state index is 0.0775. The quantitative estimate of drug-likeness (QED) is 0.801. The van der Waals surface area contributed by atoms with Gasteiger partial charge in [-0.05, 0) is 47.5 Å². The van der Waals surface area contributed by atoms with Crippen molar-refractivity contribution in [3.63, 3.8) is 0 Å². The van der Waals surface area contributed by atoms with Gasteiger partial charge in [0.25, 0.3) is 0 Å². The Hall–Kier alpha value is -0.850. The largest absolute Gasteiger partial charge is 0.444 e. The molecule has 6 heteroatoms. The maximum atomic E-state index is 12.5. The van der Waals surface area contributed by atoms with Crippen molar-refractivity contribution < 1.29 is 24.1 Å². The Morgan fingerprint density at radius 1 is 1.38 bits per heavy atom. The molecule has 2 aliphatic rings. The SMILES string of the molecule is CC(C)(C)OC(=O)N1[C@@H](CO)CC[C@H]2OC(C)(C)OC[C@@H]21. The van der Waals surface area contributed by atoms with Crippen LogP contribution >= 0.6 is 0 Å². The molecular weight excluding hydrogens is 274 g/mol. The summed E-state index contributed by atoms with van der Waals surface area (Å²) in [5, 5.41) is 9.57. The summed E-state index contributed by atoms with van der Waals surface area (Å²) in [4.78, 5) is 14.1. The molecule has 2 heterocycles. The highest BCUT2D eigenvalue weighted by molar-refractivity contribution is 5.69. The maximum absolute atomic E-state index is 12.5. The summed E-state index contributed by atoms with van der Waals surface area (Å²) in [5.41, 5.74) is -0.570. The number of aliphatic hydroxyl groups excluding tert-OH is 1. The standard InChI is InChI=1S/C15H27NO5/c1-14(2,3)21-13(18)16-10(8-17)6-7-12-11(16)9-19-15(4,5)20-12/h10-12,17H,6-9H2,1-5H3/t10-,11+,12-/m1/s1. The summed E-state index contributed by atoms with van der Waals surface area (Å²) in [6.45, 7) is 9.56. The van der Waals surface area contributed by atoms with Gasteiger partial charge in [0, 0.05) is 0 Å². The van der Waals surface area contributed by atoms with Gasteiger partial charge in [-0.3, -0.25) is 4.90 Å². The molecule has 122 valence electrons. The van der Waals surface area contributed by atoms with Gasteiger partial charge in [0.05, 0.1) is 31.4 Å². The highest BCUT2D eigenvalue weighted by atomic mass is 16.7. The number of carbonyl (C=O) groups is 1. The summed E-state index contributed by atoms with van der Waals surface area (Å²) in [7, 11) is 0. The van der Waals surface area contributed by atoms with E-state index in [1.54, 1.807) is 4.90 Å². The fraction of sp³-hybridized carbons (Fsp3) is 0.933. The number of rotatable bonds is 1. The molecule has 1 N–H and O–H groups in total. The Labute approximate surface area is 126 Å². The Balaban J connectivity index is 2.16. The van der Waals surface area contributed by atoms with Crippen LogP contribution in [0.3, 0.4) is 0 Å². The van der Waals surface area contributed by atoms with Crippen LogP contribution in [0.1, 0.15) is 47.5 Å². The molecule has 1 amide bonds. The highest BCUT2D eigenvalue weighted by Crippen LogP contribution is 2.34. The molecule has 0 aromatic heterocycles. The molecule has 0 saturated carbocycles. The number of ether oxygens (including phenoxy) is 3. The zero-order chi connectivity index (χ0) is 15.8. The maximum Gasteiger partial charge on any atom is 0.411 e. The Bertz CT molecular complexity index is 390. The van der Waals surface area contributed by atoms with E-state index in [4.69, 9.17) is 14.2 Å². The first-order valence-electron chi connectivity index (χ1n) is 7.57. The molecule has 0 bridgehead atoms. The summed E-state index contributed by atoms with van der Waals surface area (Å²) in [5.74, 6) is -0.632. The third kappa shape index (κ3) is 3.87. The summed E-state index contributed by atoms with van der Waals surface area (Å²) in [6.07, 6.45) is 1.02. The summed E-state index contributed by atoms with van der Waals surface area (Å²) < 4.78 is 17.1. The van der Waals surface area contributed by atoms with Gasteiger partial charge in [0.2, 0.25) is 0 Å². The van der Waals surface area contributed by atoms with E-state index >= 15 is 0 Å². The number of nitrogens with zero attached hydrogens (tertiary/aromatic N) is 1. The van der Waals surface area contributed by atoms with Gasteiger partial charge in [0.15, 0.2) is 5.79 Å². The summed E-state index contributed by atoms with van der Waals surface area (Å²) >= 11 is 0. The Morgan fingerprint density at radius 2 is 2.05 bits per heavy atom. The van der Waals surface area contributed by atoms with Gasteiger partial charge in [-0.2, -0.15) is 0 Å². The van der Waals surface area contributed by atoms with Crippen LogP contribution in [0.25, 0.3) is 0 Å². The molecule has 0 radical (unpaired) electrons.